The van der Waals surface area contributed by atoms with Gasteiger partial charge in [-0.3, -0.25) is 0 Å². The van der Waals surface area contributed by atoms with Gasteiger partial charge in [-0.25, -0.2) is 9.78 Å². The minimum absolute atomic E-state index is 0.320. The number of fused-ring (bicyclic) bond motifs is 1. The maximum absolute atomic E-state index is 12.0. The third kappa shape index (κ3) is 2.41. The molecule has 0 aliphatic carbocycles. The molecule has 0 radical (unpaired) electrons. The maximum atomic E-state index is 12.0. The van der Waals surface area contributed by atoms with Gasteiger partial charge in [0.1, 0.15) is 9.88 Å². The molecule has 0 amide bonds. The fourth-order valence-corrected chi connectivity index (χ4v) is 4.29. The summed E-state index contributed by atoms with van der Waals surface area (Å²) in [5.74, 6) is -0.320. The highest BCUT2D eigenvalue weighted by Gasteiger charge is 2.22. The average Bonchev–Trinajstić information content (AvgIpc) is 2.99. The minimum Gasteiger partial charge on any atom is -0.462 e. The van der Waals surface area contributed by atoms with Crippen molar-refractivity contribution in [1.29, 1.82) is 0 Å². The molecule has 2 aromatic heterocycles. The van der Waals surface area contributed by atoms with Crippen LogP contribution in [0.5, 0.6) is 0 Å². The zero-order valence-corrected chi connectivity index (χ0v) is 13.3. The molecule has 3 aromatic rings. The molecule has 0 saturated carbocycles. The molecule has 0 aliphatic heterocycles. The molecule has 0 saturated heterocycles. The molecular formula is C15H14N2O2S2. The van der Waals surface area contributed by atoms with Crippen molar-refractivity contribution in [3.05, 3.63) is 34.7 Å². The van der Waals surface area contributed by atoms with Gasteiger partial charge < -0.3 is 10.5 Å². The van der Waals surface area contributed by atoms with Gasteiger partial charge in [0.25, 0.3) is 0 Å². The van der Waals surface area contributed by atoms with Crippen LogP contribution >= 0.6 is 22.7 Å². The van der Waals surface area contributed by atoms with Crippen molar-refractivity contribution in [3.8, 4) is 10.6 Å². The number of para-hydroxylation sites is 1. The fraction of sp³-hybridized carbons (Fsp3) is 0.200. The number of esters is 1. The zero-order chi connectivity index (χ0) is 15.0. The van der Waals surface area contributed by atoms with Gasteiger partial charge in [0.15, 0.2) is 0 Å². The summed E-state index contributed by atoms with van der Waals surface area (Å²) in [5.41, 5.74) is 8.75. The number of nitrogens with zero attached hydrogens (tertiary/aromatic N) is 1. The molecular weight excluding hydrogens is 304 g/mol. The number of benzene rings is 1. The largest absolute Gasteiger partial charge is 0.462 e. The van der Waals surface area contributed by atoms with E-state index in [-0.39, 0.29) is 5.97 Å². The third-order valence-electron chi connectivity index (χ3n) is 3.14. The van der Waals surface area contributed by atoms with Crippen LogP contribution in [0.25, 0.3) is 20.8 Å². The van der Waals surface area contributed by atoms with E-state index in [9.17, 15) is 4.79 Å². The van der Waals surface area contributed by atoms with E-state index in [2.05, 4.69) is 4.98 Å². The second kappa shape index (κ2) is 5.46. The molecule has 0 bridgehead atoms. The highest BCUT2D eigenvalue weighted by atomic mass is 32.1. The van der Waals surface area contributed by atoms with Crippen molar-refractivity contribution < 1.29 is 9.53 Å². The summed E-state index contributed by atoms with van der Waals surface area (Å²) >= 11 is 2.84. The average molecular weight is 318 g/mol. The number of carbonyl (C=O) groups excluding carboxylic acids is 1. The van der Waals surface area contributed by atoms with Crippen LogP contribution in [-0.2, 0) is 4.74 Å². The van der Waals surface area contributed by atoms with E-state index in [4.69, 9.17) is 10.5 Å². The molecule has 0 aliphatic rings. The van der Waals surface area contributed by atoms with Crippen LogP contribution in [-0.4, -0.2) is 17.6 Å². The smallest absolute Gasteiger partial charge is 0.348 e. The van der Waals surface area contributed by atoms with Gasteiger partial charge in [0.2, 0.25) is 0 Å². The molecule has 1 aromatic carbocycles. The predicted molar refractivity (Wildman–Crippen MR) is 88.0 cm³/mol. The quantitative estimate of drug-likeness (QED) is 0.739. The van der Waals surface area contributed by atoms with Crippen molar-refractivity contribution in [3.63, 3.8) is 0 Å². The zero-order valence-electron chi connectivity index (χ0n) is 11.7. The van der Waals surface area contributed by atoms with Gasteiger partial charge >= 0.3 is 5.97 Å². The van der Waals surface area contributed by atoms with Crippen LogP contribution in [0.4, 0.5) is 5.00 Å². The molecule has 108 valence electrons. The standard InChI is InChI=1S/C15H14N2O2S2/c1-3-19-15(18)12-8(2)11(13(16)21-12)14-17-9-6-4-5-7-10(9)20-14/h4-7H,3,16H2,1-2H3. The van der Waals surface area contributed by atoms with Crippen molar-refractivity contribution in [2.75, 3.05) is 12.3 Å². The van der Waals surface area contributed by atoms with Gasteiger partial charge in [-0.15, -0.1) is 22.7 Å². The van der Waals surface area contributed by atoms with Crippen molar-refractivity contribution >= 4 is 43.9 Å². The Morgan fingerprint density at radius 1 is 1.33 bits per heavy atom. The highest BCUT2D eigenvalue weighted by molar-refractivity contribution is 7.23. The molecule has 3 rings (SSSR count). The number of hydrogen-bond donors (Lipinski definition) is 1. The number of anilines is 1. The molecule has 2 N–H and O–H groups in total. The Bertz CT molecular complexity index is 787. The second-order valence-electron chi connectivity index (χ2n) is 4.50. The van der Waals surface area contributed by atoms with E-state index >= 15 is 0 Å². The summed E-state index contributed by atoms with van der Waals surface area (Å²) in [7, 11) is 0. The SMILES string of the molecule is CCOC(=O)c1sc(N)c(-c2nc3ccccc3s2)c1C. The molecule has 4 nitrogen and oxygen atoms in total. The second-order valence-corrected chi connectivity index (χ2v) is 6.59. The topological polar surface area (TPSA) is 65.2 Å². The molecule has 21 heavy (non-hydrogen) atoms. The molecule has 0 unspecified atom stereocenters. The van der Waals surface area contributed by atoms with Gasteiger partial charge in [-0.1, -0.05) is 12.1 Å². The van der Waals surface area contributed by atoms with Crippen LogP contribution in [0.2, 0.25) is 0 Å². The Morgan fingerprint density at radius 3 is 2.81 bits per heavy atom. The molecule has 0 spiro atoms. The molecule has 0 atom stereocenters. The van der Waals surface area contributed by atoms with Crippen LogP contribution in [0.3, 0.4) is 0 Å². The number of ether oxygens (including phenoxy) is 1. The van der Waals surface area contributed by atoms with E-state index in [1.807, 2.05) is 31.2 Å². The van der Waals surface area contributed by atoms with Crippen molar-refractivity contribution in [2.45, 2.75) is 13.8 Å². The number of nitrogen functional groups attached to an aromatic ring is 1. The van der Waals surface area contributed by atoms with E-state index in [0.717, 1.165) is 26.4 Å². The van der Waals surface area contributed by atoms with Crippen molar-refractivity contribution in [1.82, 2.24) is 4.98 Å². The van der Waals surface area contributed by atoms with Gasteiger partial charge in [-0.05, 0) is 31.5 Å². The van der Waals surface area contributed by atoms with E-state index < -0.39 is 0 Å². The summed E-state index contributed by atoms with van der Waals surface area (Å²) in [6, 6.07) is 7.94. The lowest BCUT2D eigenvalue weighted by Gasteiger charge is -2.00. The molecule has 6 heteroatoms. The molecule has 0 fully saturated rings. The van der Waals surface area contributed by atoms with E-state index in [1.165, 1.54) is 11.3 Å². The Labute approximate surface area is 130 Å². The minimum atomic E-state index is -0.320. The van der Waals surface area contributed by atoms with E-state index in [1.54, 1.807) is 18.3 Å². The summed E-state index contributed by atoms with van der Waals surface area (Å²) in [6.45, 7) is 4.03. The highest BCUT2D eigenvalue weighted by Crippen LogP contribution is 2.41. The molecule has 2 heterocycles. The number of carbonyl (C=O) groups is 1. The van der Waals surface area contributed by atoms with Gasteiger partial charge in [0, 0.05) is 5.56 Å². The normalized spacial score (nSPS) is 11.0. The fourth-order valence-electron chi connectivity index (χ4n) is 2.17. The number of thiophene rings is 1. The number of nitrogens with two attached hydrogens (primary N) is 1. The van der Waals surface area contributed by atoms with Crippen LogP contribution in [0, 0.1) is 6.92 Å². The summed E-state index contributed by atoms with van der Waals surface area (Å²) in [4.78, 5) is 17.1. The lowest BCUT2D eigenvalue weighted by Crippen LogP contribution is -2.03. The number of hydrogen-bond acceptors (Lipinski definition) is 6. The first-order chi connectivity index (χ1) is 10.1. The summed E-state index contributed by atoms with van der Waals surface area (Å²) in [5, 5.41) is 1.45. The first kappa shape index (κ1) is 14.0. The lowest BCUT2D eigenvalue weighted by molar-refractivity contribution is 0.0531. The van der Waals surface area contributed by atoms with E-state index in [0.29, 0.717) is 16.5 Å². The Morgan fingerprint density at radius 2 is 2.10 bits per heavy atom. The lowest BCUT2D eigenvalue weighted by atomic mass is 10.1. The van der Waals surface area contributed by atoms with Gasteiger partial charge in [0.05, 0.1) is 21.8 Å². The number of rotatable bonds is 3. The summed E-state index contributed by atoms with van der Waals surface area (Å²) < 4.78 is 6.18. The van der Waals surface area contributed by atoms with Crippen LogP contribution in [0.1, 0.15) is 22.2 Å². The monoisotopic (exact) mass is 318 g/mol. The predicted octanol–water partition coefficient (Wildman–Crippen LogP) is 4.09. The maximum Gasteiger partial charge on any atom is 0.348 e. The number of aromatic nitrogens is 1. The van der Waals surface area contributed by atoms with Crippen LogP contribution < -0.4 is 5.73 Å². The van der Waals surface area contributed by atoms with Crippen molar-refractivity contribution in [2.24, 2.45) is 0 Å². The first-order valence-electron chi connectivity index (χ1n) is 6.53. The Hall–Kier alpha value is -1.92. The Balaban J connectivity index is 2.12. The third-order valence-corrected chi connectivity index (χ3v) is 5.30. The number of thiazole rings is 1. The van der Waals surface area contributed by atoms with Gasteiger partial charge in [-0.2, -0.15) is 0 Å². The summed E-state index contributed by atoms with van der Waals surface area (Å²) in [6.07, 6.45) is 0. The van der Waals surface area contributed by atoms with Crippen LogP contribution in [0.15, 0.2) is 24.3 Å². The Kier molecular flexibility index (Phi) is 3.65. The first-order valence-corrected chi connectivity index (χ1v) is 8.17.